The normalized spacial score (nSPS) is 14.4. The first-order valence-electron chi connectivity index (χ1n) is 8.94. The zero-order valence-corrected chi connectivity index (χ0v) is 14.3. The zero-order valence-electron chi connectivity index (χ0n) is 14.3. The summed E-state index contributed by atoms with van der Waals surface area (Å²) in [6, 6.07) is 16.7. The monoisotopic (exact) mass is 333 g/mol. The lowest BCUT2D eigenvalue weighted by Gasteiger charge is -2.16. The van der Waals surface area contributed by atoms with E-state index in [4.69, 9.17) is 9.15 Å². The van der Waals surface area contributed by atoms with Crippen molar-refractivity contribution in [1.29, 1.82) is 0 Å². The van der Waals surface area contributed by atoms with E-state index >= 15 is 0 Å². The number of allylic oxidation sites excluding steroid dienone is 2. The number of nitrogens with one attached hydrogen (secondary N) is 1. The van der Waals surface area contributed by atoms with E-state index in [9.17, 15) is 0 Å². The number of benzene rings is 2. The van der Waals surface area contributed by atoms with Crippen LogP contribution in [0.3, 0.4) is 0 Å². The van der Waals surface area contributed by atoms with Crippen molar-refractivity contribution in [3.05, 3.63) is 78.1 Å². The van der Waals surface area contributed by atoms with Crippen molar-refractivity contribution in [2.24, 2.45) is 0 Å². The topological polar surface area (TPSA) is 34.4 Å². The van der Waals surface area contributed by atoms with Crippen LogP contribution in [0.4, 0.5) is 0 Å². The molecule has 1 aliphatic carbocycles. The van der Waals surface area contributed by atoms with E-state index in [1.165, 1.54) is 11.1 Å². The van der Waals surface area contributed by atoms with Crippen LogP contribution >= 0.6 is 0 Å². The molecule has 1 aromatic heterocycles. The van der Waals surface area contributed by atoms with Crippen LogP contribution in [0.5, 0.6) is 5.75 Å². The van der Waals surface area contributed by atoms with Crippen LogP contribution in [-0.2, 0) is 6.54 Å². The van der Waals surface area contributed by atoms with Crippen molar-refractivity contribution in [3.8, 4) is 5.75 Å². The van der Waals surface area contributed by atoms with E-state index in [1.54, 1.807) is 6.26 Å². The number of rotatable bonds is 7. The van der Waals surface area contributed by atoms with Crippen molar-refractivity contribution in [3.63, 3.8) is 0 Å². The fourth-order valence-corrected chi connectivity index (χ4v) is 3.50. The van der Waals surface area contributed by atoms with Gasteiger partial charge < -0.3 is 14.5 Å². The minimum atomic E-state index is 0.618. The average Bonchev–Trinajstić information content (AvgIpc) is 3.34. The number of furan rings is 1. The van der Waals surface area contributed by atoms with Gasteiger partial charge in [0.2, 0.25) is 0 Å². The molecular weight excluding hydrogens is 310 g/mol. The van der Waals surface area contributed by atoms with Crippen LogP contribution in [0.2, 0.25) is 0 Å². The predicted molar refractivity (Wildman–Crippen MR) is 101 cm³/mol. The molecule has 2 aromatic carbocycles. The Bertz CT molecular complexity index is 857. The van der Waals surface area contributed by atoms with Gasteiger partial charge >= 0.3 is 0 Å². The highest BCUT2D eigenvalue weighted by Crippen LogP contribution is 2.31. The van der Waals surface area contributed by atoms with Crippen LogP contribution < -0.4 is 10.1 Å². The summed E-state index contributed by atoms with van der Waals surface area (Å²) in [5, 5.41) is 4.58. The molecule has 1 N–H and O–H groups in total. The Hall–Kier alpha value is -2.52. The summed E-state index contributed by atoms with van der Waals surface area (Å²) in [5.41, 5.74) is 3.69. The van der Waals surface area contributed by atoms with Crippen LogP contribution in [-0.4, -0.2) is 13.2 Å². The van der Waals surface area contributed by atoms with Crippen molar-refractivity contribution < 1.29 is 9.15 Å². The summed E-state index contributed by atoms with van der Waals surface area (Å²) >= 11 is 0. The second kappa shape index (κ2) is 7.58. The van der Waals surface area contributed by atoms with Gasteiger partial charge in [-0.25, -0.2) is 0 Å². The zero-order chi connectivity index (χ0) is 16.9. The highest BCUT2D eigenvalue weighted by molar-refractivity contribution is 5.82. The van der Waals surface area contributed by atoms with Gasteiger partial charge in [-0.1, -0.05) is 48.6 Å². The van der Waals surface area contributed by atoms with Crippen molar-refractivity contribution in [2.75, 3.05) is 13.2 Å². The second-order valence-electron chi connectivity index (χ2n) is 6.46. The molecule has 128 valence electrons. The molecular formula is C22H23NO2. The molecule has 1 heterocycles. The lowest BCUT2D eigenvalue weighted by molar-refractivity contribution is 0.312. The minimum absolute atomic E-state index is 0.618. The van der Waals surface area contributed by atoms with Gasteiger partial charge in [0.15, 0.2) is 11.3 Å². The molecule has 3 aromatic rings. The first-order chi connectivity index (χ1) is 12.4. The smallest absolute Gasteiger partial charge is 0.175 e. The standard InChI is InChI=1S/C22H23NO2/c1-2-7-17(6-1)20-10-4-3-8-19(20)16-23-13-15-24-21-11-5-9-18-12-14-25-22(18)21/h1-5,8-12,14,17,23H,6-7,13,15-16H2. The molecule has 0 amide bonds. The van der Waals surface area contributed by atoms with Crippen molar-refractivity contribution in [1.82, 2.24) is 5.32 Å². The molecule has 0 aliphatic heterocycles. The van der Waals surface area contributed by atoms with Gasteiger partial charge in [0, 0.05) is 18.5 Å². The summed E-state index contributed by atoms with van der Waals surface area (Å²) in [4.78, 5) is 0. The summed E-state index contributed by atoms with van der Waals surface area (Å²) in [5.74, 6) is 1.45. The van der Waals surface area contributed by atoms with E-state index in [0.717, 1.165) is 42.6 Å². The molecule has 0 atom stereocenters. The van der Waals surface area contributed by atoms with Gasteiger partial charge in [0.25, 0.3) is 0 Å². The number of ether oxygens (including phenoxy) is 1. The molecule has 0 unspecified atom stereocenters. The van der Waals surface area contributed by atoms with Crippen LogP contribution in [0.1, 0.15) is 29.9 Å². The maximum Gasteiger partial charge on any atom is 0.175 e. The molecule has 0 spiro atoms. The Morgan fingerprint density at radius 2 is 1.88 bits per heavy atom. The Morgan fingerprint density at radius 1 is 1.00 bits per heavy atom. The van der Waals surface area contributed by atoms with Gasteiger partial charge in [-0.3, -0.25) is 0 Å². The van der Waals surface area contributed by atoms with E-state index < -0.39 is 0 Å². The van der Waals surface area contributed by atoms with Crippen molar-refractivity contribution >= 4 is 11.0 Å². The SMILES string of the molecule is C1=CCC(c2ccccc2CNCCOc2cccc3ccoc23)C1. The van der Waals surface area contributed by atoms with E-state index in [0.29, 0.717) is 12.5 Å². The fourth-order valence-electron chi connectivity index (χ4n) is 3.50. The molecule has 1 aliphatic rings. The lowest BCUT2D eigenvalue weighted by atomic mass is 9.92. The quantitative estimate of drug-likeness (QED) is 0.486. The number of fused-ring (bicyclic) bond motifs is 1. The first kappa shape index (κ1) is 16.0. The van der Waals surface area contributed by atoms with Crippen LogP contribution in [0.25, 0.3) is 11.0 Å². The number of hydrogen-bond donors (Lipinski definition) is 1. The van der Waals surface area contributed by atoms with E-state index in [2.05, 4.69) is 41.7 Å². The van der Waals surface area contributed by atoms with Crippen LogP contribution in [0.15, 0.2) is 71.4 Å². The van der Waals surface area contributed by atoms with E-state index in [-0.39, 0.29) is 0 Å². The Morgan fingerprint density at radius 3 is 2.80 bits per heavy atom. The summed E-state index contributed by atoms with van der Waals surface area (Å²) < 4.78 is 11.4. The summed E-state index contributed by atoms with van der Waals surface area (Å²) in [6.07, 6.45) is 8.60. The van der Waals surface area contributed by atoms with Gasteiger partial charge in [0.1, 0.15) is 6.61 Å². The third kappa shape index (κ3) is 3.62. The Kier molecular flexibility index (Phi) is 4.84. The maximum atomic E-state index is 5.88. The predicted octanol–water partition coefficient (Wildman–Crippen LogP) is 5.04. The third-order valence-corrected chi connectivity index (χ3v) is 4.80. The molecule has 0 bridgehead atoms. The highest BCUT2D eigenvalue weighted by atomic mass is 16.5. The Balaban J connectivity index is 1.29. The molecule has 4 rings (SSSR count). The van der Waals surface area contributed by atoms with Gasteiger partial charge in [-0.05, 0) is 42.0 Å². The minimum Gasteiger partial charge on any atom is -0.488 e. The van der Waals surface area contributed by atoms with Gasteiger partial charge in [0.05, 0.1) is 6.26 Å². The van der Waals surface area contributed by atoms with Crippen molar-refractivity contribution in [2.45, 2.75) is 25.3 Å². The second-order valence-corrected chi connectivity index (χ2v) is 6.46. The molecule has 0 saturated carbocycles. The Labute approximate surface area is 148 Å². The van der Waals surface area contributed by atoms with Gasteiger partial charge in [-0.2, -0.15) is 0 Å². The average molecular weight is 333 g/mol. The molecule has 0 fully saturated rings. The number of para-hydroxylation sites is 1. The number of hydrogen-bond acceptors (Lipinski definition) is 3. The summed E-state index contributed by atoms with van der Waals surface area (Å²) in [6.45, 7) is 2.29. The van der Waals surface area contributed by atoms with E-state index in [1.807, 2.05) is 24.3 Å². The molecule has 25 heavy (non-hydrogen) atoms. The highest BCUT2D eigenvalue weighted by Gasteiger charge is 2.15. The van der Waals surface area contributed by atoms with Gasteiger partial charge in [-0.15, -0.1) is 0 Å². The first-order valence-corrected chi connectivity index (χ1v) is 8.94. The molecule has 3 nitrogen and oxygen atoms in total. The summed E-state index contributed by atoms with van der Waals surface area (Å²) in [7, 11) is 0. The third-order valence-electron chi connectivity index (χ3n) is 4.80. The largest absolute Gasteiger partial charge is 0.488 e. The molecule has 0 radical (unpaired) electrons. The fraction of sp³-hybridized carbons (Fsp3) is 0.273. The lowest BCUT2D eigenvalue weighted by Crippen LogP contribution is -2.21. The maximum absolute atomic E-state index is 5.88. The van der Waals surface area contributed by atoms with Crippen LogP contribution in [0, 0.1) is 0 Å². The molecule has 0 saturated heterocycles. The molecule has 3 heteroatoms.